The van der Waals surface area contributed by atoms with Gasteiger partial charge in [0.05, 0.1) is 11.8 Å². The number of nitrogens with one attached hydrogen (secondary N) is 1. The topological polar surface area (TPSA) is 58.0 Å². The van der Waals surface area contributed by atoms with Crippen LogP contribution in [0.4, 0.5) is 0 Å². The molecule has 4 nitrogen and oxygen atoms in total. The summed E-state index contributed by atoms with van der Waals surface area (Å²) in [5.74, 6) is 1.56. The van der Waals surface area contributed by atoms with Gasteiger partial charge in [0.15, 0.2) is 0 Å². The zero-order valence-corrected chi connectivity index (χ0v) is 17.7. The fourth-order valence-electron chi connectivity index (χ4n) is 4.66. The normalized spacial score (nSPS) is 26.5. The lowest BCUT2D eigenvalue weighted by molar-refractivity contribution is 0.116. The van der Waals surface area contributed by atoms with Gasteiger partial charge >= 0.3 is 0 Å². The number of aromatic nitrogens is 2. The summed E-state index contributed by atoms with van der Waals surface area (Å²) in [6, 6.07) is 2.88. The van der Waals surface area contributed by atoms with Gasteiger partial charge in [-0.1, -0.05) is 13.8 Å². The number of fused-ring (bicyclic) bond motifs is 1. The van der Waals surface area contributed by atoms with Crippen LogP contribution in [0.1, 0.15) is 87.5 Å². The average molecular weight is 388 g/mol. The second-order valence-corrected chi connectivity index (χ2v) is 10.5. The molecule has 2 aliphatic carbocycles. The monoisotopic (exact) mass is 387 g/mol. The van der Waals surface area contributed by atoms with Crippen molar-refractivity contribution in [2.75, 3.05) is 0 Å². The Kier molecular flexibility index (Phi) is 5.55. The highest BCUT2D eigenvalue weighted by Gasteiger charge is 2.29. The van der Waals surface area contributed by atoms with E-state index in [2.05, 4.69) is 25.2 Å². The lowest BCUT2D eigenvalue weighted by Gasteiger charge is -2.33. The van der Waals surface area contributed by atoms with Crippen molar-refractivity contribution in [3.8, 4) is 0 Å². The van der Waals surface area contributed by atoms with Gasteiger partial charge in [0.25, 0.3) is 0 Å². The number of thiophene rings is 1. The van der Waals surface area contributed by atoms with E-state index >= 15 is 0 Å². The molecule has 27 heavy (non-hydrogen) atoms. The van der Waals surface area contributed by atoms with E-state index in [1.54, 1.807) is 0 Å². The maximum Gasteiger partial charge on any atom is 0.127 e. The van der Waals surface area contributed by atoms with E-state index in [4.69, 9.17) is 9.97 Å². The lowest BCUT2D eigenvalue weighted by Crippen LogP contribution is -2.34. The van der Waals surface area contributed by atoms with Crippen molar-refractivity contribution in [2.45, 2.75) is 96.7 Å². The minimum Gasteiger partial charge on any atom is -0.393 e. The first-order valence-electron chi connectivity index (χ1n) is 10.6. The Morgan fingerprint density at radius 2 is 1.81 bits per heavy atom. The number of aliphatic hydroxyl groups excluding tert-OH is 1. The molecule has 0 bridgehead atoms. The third-order valence-electron chi connectivity index (χ3n) is 6.60. The SMILES string of the molecule is Cc1nc(CN[C@H]2CC[C@@H](O)CC2)c2cc(C3CCC(C)(C)CC3)sc2n1. The number of rotatable bonds is 4. The third kappa shape index (κ3) is 4.52. The second-order valence-electron chi connectivity index (χ2n) is 9.41. The number of aliphatic hydroxyl groups is 1. The van der Waals surface area contributed by atoms with Gasteiger partial charge in [0.1, 0.15) is 10.7 Å². The Balaban J connectivity index is 1.50. The minimum atomic E-state index is -0.101. The smallest absolute Gasteiger partial charge is 0.127 e. The van der Waals surface area contributed by atoms with Crippen LogP contribution in [0, 0.1) is 12.3 Å². The van der Waals surface area contributed by atoms with Crippen molar-refractivity contribution < 1.29 is 5.11 Å². The number of hydrogen-bond acceptors (Lipinski definition) is 5. The van der Waals surface area contributed by atoms with Gasteiger partial charge in [0.2, 0.25) is 0 Å². The van der Waals surface area contributed by atoms with Crippen LogP contribution in [-0.2, 0) is 6.54 Å². The zero-order chi connectivity index (χ0) is 19.0. The van der Waals surface area contributed by atoms with Crippen molar-refractivity contribution in [3.63, 3.8) is 0 Å². The number of aryl methyl sites for hydroxylation is 1. The Morgan fingerprint density at radius 3 is 2.52 bits per heavy atom. The van der Waals surface area contributed by atoms with Gasteiger partial charge in [-0.05, 0) is 75.7 Å². The van der Waals surface area contributed by atoms with Crippen molar-refractivity contribution in [1.29, 1.82) is 0 Å². The van der Waals surface area contributed by atoms with E-state index < -0.39 is 0 Å². The molecule has 0 aromatic carbocycles. The molecule has 0 saturated heterocycles. The van der Waals surface area contributed by atoms with E-state index in [0.717, 1.165) is 48.6 Å². The van der Waals surface area contributed by atoms with E-state index in [1.807, 2.05) is 18.3 Å². The molecule has 2 N–H and O–H groups in total. The molecule has 2 saturated carbocycles. The lowest BCUT2D eigenvalue weighted by atomic mass is 9.73. The Bertz CT molecular complexity index is 782. The Hall–Kier alpha value is -1.04. The highest BCUT2D eigenvalue weighted by molar-refractivity contribution is 7.18. The first-order chi connectivity index (χ1) is 12.9. The minimum absolute atomic E-state index is 0.101. The molecule has 2 aromatic rings. The number of hydrogen-bond donors (Lipinski definition) is 2. The Morgan fingerprint density at radius 1 is 1.11 bits per heavy atom. The maximum atomic E-state index is 9.70. The molecule has 148 valence electrons. The fourth-order valence-corrected chi connectivity index (χ4v) is 5.92. The molecule has 0 amide bonds. The summed E-state index contributed by atoms with van der Waals surface area (Å²) in [7, 11) is 0. The molecular weight excluding hydrogens is 354 g/mol. The molecule has 0 unspecified atom stereocenters. The molecule has 2 fully saturated rings. The standard InChI is InChI=1S/C22H33N3OS/c1-14-24-19(13-23-16-4-6-17(26)7-5-16)18-12-20(27-21(18)25-14)15-8-10-22(2,3)11-9-15/h12,15-17,23,26H,4-11,13H2,1-3H3/t16-,17+. The van der Waals surface area contributed by atoms with Crippen molar-refractivity contribution in [3.05, 3.63) is 22.5 Å². The molecule has 0 atom stereocenters. The molecule has 2 aromatic heterocycles. The highest BCUT2D eigenvalue weighted by atomic mass is 32.1. The highest BCUT2D eigenvalue weighted by Crippen LogP contribution is 2.45. The zero-order valence-electron chi connectivity index (χ0n) is 16.9. The summed E-state index contributed by atoms with van der Waals surface area (Å²) < 4.78 is 0. The molecule has 0 aliphatic heterocycles. The van der Waals surface area contributed by atoms with E-state index in [0.29, 0.717) is 17.4 Å². The Labute approximate surface area is 166 Å². The maximum absolute atomic E-state index is 9.70. The van der Waals surface area contributed by atoms with Crippen LogP contribution >= 0.6 is 11.3 Å². The third-order valence-corrected chi connectivity index (χ3v) is 7.79. The average Bonchev–Trinajstić information content (AvgIpc) is 3.04. The van der Waals surface area contributed by atoms with E-state index in [9.17, 15) is 5.11 Å². The van der Waals surface area contributed by atoms with Crippen LogP contribution in [0.25, 0.3) is 10.2 Å². The van der Waals surface area contributed by atoms with E-state index in [-0.39, 0.29) is 6.10 Å². The predicted molar refractivity (Wildman–Crippen MR) is 112 cm³/mol. The first kappa shape index (κ1) is 19.3. The summed E-state index contributed by atoms with van der Waals surface area (Å²) in [6.45, 7) is 7.60. The quantitative estimate of drug-likeness (QED) is 0.768. The van der Waals surface area contributed by atoms with Gasteiger partial charge in [-0.2, -0.15) is 0 Å². The fraction of sp³-hybridized carbons (Fsp3) is 0.727. The van der Waals surface area contributed by atoms with Crippen molar-refractivity contribution in [1.82, 2.24) is 15.3 Å². The van der Waals surface area contributed by atoms with Gasteiger partial charge in [-0.3, -0.25) is 0 Å². The largest absolute Gasteiger partial charge is 0.393 e. The molecule has 2 aliphatic rings. The van der Waals surface area contributed by atoms with Crippen LogP contribution in [0.15, 0.2) is 6.07 Å². The molecular formula is C22H33N3OS. The van der Waals surface area contributed by atoms with Gasteiger partial charge in [0, 0.05) is 22.8 Å². The summed E-state index contributed by atoms with van der Waals surface area (Å²) in [4.78, 5) is 12.2. The summed E-state index contributed by atoms with van der Waals surface area (Å²) >= 11 is 1.88. The van der Waals surface area contributed by atoms with E-state index in [1.165, 1.54) is 35.9 Å². The van der Waals surface area contributed by atoms with Crippen LogP contribution in [0.2, 0.25) is 0 Å². The molecule has 0 radical (unpaired) electrons. The molecule has 5 heteroatoms. The molecule has 4 rings (SSSR count). The van der Waals surface area contributed by atoms with Crippen LogP contribution in [0.5, 0.6) is 0 Å². The van der Waals surface area contributed by atoms with Crippen LogP contribution < -0.4 is 5.32 Å². The number of nitrogens with zero attached hydrogens (tertiary/aromatic N) is 2. The first-order valence-corrected chi connectivity index (χ1v) is 11.4. The molecule has 2 heterocycles. The van der Waals surface area contributed by atoms with Crippen LogP contribution in [0.3, 0.4) is 0 Å². The van der Waals surface area contributed by atoms with Gasteiger partial charge in [-0.25, -0.2) is 9.97 Å². The summed E-state index contributed by atoms with van der Waals surface area (Å²) in [5, 5.41) is 14.6. The van der Waals surface area contributed by atoms with Gasteiger partial charge in [-0.15, -0.1) is 11.3 Å². The summed E-state index contributed by atoms with van der Waals surface area (Å²) in [6.07, 6.45) is 9.07. The summed E-state index contributed by atoms with van der Waals surface area (Å²) in [5.41, 5.74) is 1.65. The van der Waals surface area contributed by atoms with Crippen LogP contribution in [-0.4, -0.2) is 27.2 Å². The predicted octanol–water partition coefficient (Wildman–Crippen LogP) is 5.08. The van der Waals surface area contributed by atoms with Crippen molar-refractivity contribution >= 4 is 21.6 Å². The molecule has 0 spiro atoms. The second kappa shape index (κ2) is 7.76. The van der Waals surface area contributed by atoms with Crippen molar-refractivity contribution in [2.24, 2.45) is 5.41 Å². The van der Waals surface area contributed by atoms with Gasteiger partial charge < -0.3 is 10.4 Å².